The van der Waals surface area contributed by atoms with Crippen molar-refractivity contribution in [2.45, 2.75) is 17.2 Å². The van der Waals surface area contributed by atoms with Gasteiger partial charge in [0.2, 0.25) is 16.8 Å². The molecule has 8 nitrogen and oxygen atoms in total. The highest BCUT2D eigenvalue weighted by atomic mass is 32.2. The highest BCUT2D eigenvalue weighted by Gasteiger charge is 2.34. The number of hydrogen-bond acceptors (Lipinski definition) is 6. The van der Waals surface area contributed by atoms with Crippen molar-refractivity contribution in [3.8, 4) is 11.5 Å². The van der Waals surface area contributed by atoms with Crippen molar-refractivity contribution in [2.75, 3.05) is 19.9 Å². The molecule has 0 bridgehead atoms. The quantitative estimate of drug-likeness (QED) is 0.666. The van der Waals surface area contributed by atoms with Gasteiger partial charge in [-0.05, 0) is 48.2 Å². The fourth-order valence-corrected chi connectivity index (χ4v) is 5.32. The molecule has 3 heterocycles. The van der Waals surface area contributed by atoms with E-state index in [0.717, 1.165) is 12.0 Å². The van der Waals surface area contributed by atoms with Crippen LogP contribution in [0.25, 0.3) is 11.1 Å². The smallest absolute Gasteiger partial charge is 0.419 e. The standard InChI is InChI=1S/C19H18N2O6S/c1-20-15-9-14(3-5-16(15)27-19(20)22)28(23,24)21-7-6-13(10-21)12-2-4-17-18(8-12)26-11-25-17/h2-5,8-9,13H,6-7,10-11H2,1H3/t13-/m1/s1. The lowest BCUT2D eigenvalue weighted by Gasteiger charge is -2.17. The van der Waals surface area contributed by atoms with Crippen LogP contribution in [0.4, 0.5) is 0 Å². The number of oxazole rings is 1. The van der Waals surface area contributed by atoms with E-state index in [1.54, 1.807) is 7.05 Å². The minimum absolute atomic E-state index is 0.0892. The summed E-state index contributed by atoms with van der Waals surface area (Å²) in [6, 6.07) is 10.2. The van der Waals surface area contributed by atoms with Gasteiger partial charge in [0, 0.05) is 20.1 Å². The van der Waals surface area contributed by atoms with Crippen molar-refractivity contribution in [1.29, 1.82) is 0 Å². The molecule has 3 aromatic rings. The summed E-state index contributed by atoms with van der Waals surface area (Å²) in [5.74, 6) is 0.982. The molecule has 1 atom stereocenters. The van der Waals surface area contributed by atoms with E-state index in [1.807, 2.05) is 18.2 Å². The Hall–Kier alpha value is -2.78. The highest BCUT2D eigenvalue weighted by molar-refractivity contribution is 7.89. The lowest BCUT2D eigenvalue weighted by Crippen LogP contribution is -2.28. The third-order valence-electron chi connectivity index (χ3n) is 5.42. The molecular weight excluding hydrogens is 384 g/mol. The lowest BCUT2D eigenvalue weighted by atomic mass is 9.98. The van der Waals surface area contributed by atoms with Crippen molar-refractivity contribution in [3.05, 3.63) is 52.5 Å². The van der Waals surface area contributed by atoms with Crippen LogP contribution in [0.3, 0.4) is 0 Å². The number of aryl methyl sites for hydroxylation is 1. The molecular formula is C19H18N2O6S. The summed E-state index contributed by atoms with van der Waals surface area (Å²) in [6.45, 7) is 1.04. The molecule has 9 heteroatoms. The van der Waals surface area contributed by atoms with Crippen molar-refractivity contribution >= 4 is 21.1 Å². The van der Waals surface area contributed by atoms with Crippen LogP contribution in [0.15, 0.2) is 50.5 Å². The molecule has 2 aliphatic rings. The Labute approximate surface area is 160 Å². The van der Waals surface area contributed by atoms with E-state index in [2.05, 4.69) is 0 Å². The number of ether oxygens (including phenoxy) is 2. The fraction of sp³-hybridized carbons (Fsp3) is 0.316. The van der Waals surface area contributed by atoms with Gasteiger partial charge < -0.3 is 13.9 Å². The van der Waals surface area contributed by atoms with Crippen LogP contribution < -0.4 is 15.2 Å². The number of hydrogen-bond donors (Lipinski definition) is 0. The van der Waals surface area contributed by atoms with Crippen molar-refractivity contribution in [2.24, 2.45) is 7.05 Å². The van der Waals surface area contributed by atoms with E-state index in [1.165, 1.54) is 27.1 Å². The molecule has 5 rings (SSSR count). The predicted molar refractivity (Wildman–Crippen MR) is 100 cm³/mol. The number of nitrogens with zero attached hydrogens (tertiary/aromatic N) is 2. The van der Waals surface area contributed by atoms with Gasteiger partial charge in [0.05, 0.1) is 10.4 Å². The van der Waals surface area contributed by atoms with Gasteiger partial charge in [-0.3, -0.25) is 4.57 Å². The first-order chi connectivity index (χ1) is 13.4. The van der Waals surface area contributed by atoms with Gasteiger partial charge in [-0.15, -0.1) is 0 Å². The summed E-state index contributed by atoms with van der Waals surface area (Å²) < 4.78 is 44.9. The molecule has 0 aliphatic carbocycles. The summed E-state index contributed by atoms with van der Waals surface area (Å²) in [5.41, 5.74) is 1.86. The summed E-state index contributed by atoms with van der Waals surface area (Å²) in [7, 11) is -2.12. The van der Waals surface area contributed by atoms with Gasteiger partial charge in [0.1, 0.15) is 0 Å². The second kappa shape index (κ2) is 6.11. The van der Waals surface area contributed by atoms with Crippen LogP contribution in [0.1, 0.15) is 17.9 Å². The topological polar surface area (TPSA) is 91.0 Å². The lowest BCUT2D eigenvalue weighted by molar-refractivity contribution is 0.174. The zero-order valence-electron chi connectivity index (χ0n) is 15.1. The van der Waals surface area contributed by atoms with Crippen LogP contribution >= 0.6 is 0 Å². The molecule has 0 N–H and O–H groups in total. The molecule has 28 heavy (non-hydrogen) atoms. The van der Waals surface area contributed by atoms with E-state index in [9.17, 15) is 13.2 Å². The molecule has 0 saturated carbocycles. The molecule has 2 aromatic carbocycles. The Bertz CT molecular complexity index is 1240. The minimum Gasteiger partial charge on any atom is -0.454 e. The Morgan fingerprint density at radius 2 is 1.89 bits per heavy atom. The fourth-order valence-electron chi connectivity index (χ4n) is 3.80. The van der Waals surface area contributed by atoms with E-state index in [4.69, 9.17) is 13.9 Å². The largest absolute Gasteiger partial charge is 0.454 e. The molecule has 1 aromatic heterocycles. The maximum absolute atomic E-state index is 13.1. The molecule has 2 aliphatic heterocycles. The monoisotopic (exact) mass is 402 g/mol. The third kappa shape index (κ3) is 2.61. The molecule has 1 saturated heterocycles. The van der Waals surface area contributed by atoms with Gasteiger partial charge in [-0.25, -0.2) is 13.2 Å². The van der Waals surface area contributed by atoms with Crippen LogP contribution in [0, 0.1) is 0 Å². The first-order valence-electron chi connectivity index (χ1n) is 8.93. The van der Waals surface area contributed by atoms with Crippen molar-refractivity contribution in [1.82, 2.24) is 8.87 Å². The van der Waals surface area contributed by atoms with Gasteiger partial charge in [-0.1, -0.05) is 6.07 Å². The average molecular weight is 402 g/mol. The van der Waals surface area contributed by atoms with Crippen LogP contribution in [-0.2, 0) is 17.1 Å². The summed E-state index contributed by atoms with van der Waals surface area (Å²) in [6.07, 6.45) is 0.727. The maximum atomic E-state index is 13.1. The Morgan fingerprint density at radius 3 is 2.75 bits per heavy atom. The first kappa shape index (κ1) is 17.3. The normalized spacial score (nSPS) is 19.5. The summed E-state index contributed by atoms with van der Waals surface area (Å²) in [5, 5.41) is 0. The molecule has 0 unspecified atom stereocenters. The second-order valence-electron chi connectivity index (χ2n) is 7.02. The Morgan fingerprint density at radius 1 is 1.07 bits per heavy atom. The van der Waals surface area contributed by atoms with Gasteiger partial charge in [-0.2, -0.15) is 4.31 Å². The molecule has 1 fully saturated rings. The van der Waals surface area contributed by atoms with Gasteiger partial charge in [0.15, 0.2) is 17.1 Å². The minimum atomic E-state index is -3.67. The van der Waals surface area contributed by atoms with Crippen molar-refractivity contribution in [3.63, 3.8) is 0 Å². The van der Waals surface area contributed by atoms with E-state index in [0.29, 0.717) is 35.7 Å². The predicted octanol–water partition coefficient (Wildman–Crippen LogP) is 2.04. The summed E-state index contributed by atoms with van der Waals surface area (Å²) >= 11 is 0. The van der Waals surface area contributed by atoms with E-state index >= 15 is 0 Å². The zero-order valence-corrected chi connectivity index (χ0v) is 15.9. The van der Waals surface area contributed by atoms with Crippen LogP contribution in [0.5, 0.6) is 11.5 Å². The number of benzene rings is 2. The average Bonchev–Trinajstić information content (AvgIpc) is 3.41. The zero-order chi connectivity index (χ0) is 19.5. The molecule has 0 amide bonds. The van der Waals surface area contributed by atoms with Crippen LogP contribution in [0.2, 0.25) is 0 Å². The Kier molecular flexibility index (Phi) is 3.78. The van der Waals surface area contributed by atoms with Gasteiger partial charge in [0.25, 0.3) is 0 Å². The molecule has 0 radical (unpaired) electrons. The number of aromatic nitrogens is 1. The second-order valence-corrected chi connectivity index (χ2v) is 8.96. The van der Waals surface area contributed by atoms with Crippen molar-refractivity contribution < 1.29 is 22.3 Å². The van der Waals surface area contributed by atoms with Crippen LogP contribution in [-0.4, -0.2) is 37.2 Å². The Balaban J connectivity index is 1.43. The number of sulfonamides is 1. The summed E-state index contributed by atoms with van der Waals surface area (Å²) in [4.78, 5) is 11.8. The molecule has 0 spiro atoms. The first-order valence-corrected chi connectivity index (χ1v) is 10.4. The number of rotatable bonds is 3. The molecule has 146 valence electrons. The van der Waals surface area contributed by atoms with Gasteiger partial charge >= 0.3 is 5.76 Å². The van der Waals surface area contributed by atoms with E-state index in [-0.39, 0.29) is 17.6 Å². The van der Waals surface area contributed by atoms with E-state index < -0.39 is 15.8 Å². The number of fused-ring (bicyclic) bond motifs is 2. The maximum Gasteiger partial charge on any atom is 0.419 e. The third-order valence-corrected chi connectivity index (χ3v) is 7.28. The SMILES string of the molecule is Cn1c(=O)oc2ccc(S(=O)(=O)N3CC[C@@H](c4ccc5c(c4)OCO5)C3)cc21. The highest BCUT2D eigenvalue weighted by Crippen LogP contribution is 2.38.